The van der Waals surface area contributed by atoms with Crippen LogP contribution in [-0.4, -0.2) is 28.7 Å². The molecule has 1 saturated carbocycles. The number of hydrogen-bond acceptors (Lipinski definition) is 1. The molecule has 1 saturated heterocycles. The van der Waals surface area contributed by atoms with Crippen LogP contribution in [0.2, 0.25) is 0 Å². The van der Waals surface area contributed by atoms with E-state index < -0.39 is 0 Å². The van der Waals surface area contributed by atoms with Crippen molar-refractivity contribution in [1.82, 2.24) is 4.90 Å². The Morgan fingerprint density at radius 3 is 2.86 bits per heavy atom. The number of halogens is 1. The fourth-order valence-electron chi connectivity index (χ4n) is 2.94. The second-order valence-corrected chi connectivity index (χ2v) is 5.22. The fraction of sp³-hybridized carbons (Fsp3) is 0.909. The molecule has 1 aliphatic heterocycles. The first-order valence-electron chi connectivity index (χ1n) is 5.68. The van der Waals surface area contributed by atoms with Crippen LogP contribution in [0.4, 0.5) is 0 Å². The molecule has 80 valence electrons. The highest BCUT2D eigenvalue weighted by molar-refractivity contribution is 9.09. The van der Waals surface area contributed by atoms with E-state index in [1.165, 1.54) is 32.1 Å². The van der Waals surface area contributed by atoms with E-state index in [4.69, 9.17) is 0 Å². The first-order chi connectivity index (χ1) is 6.83. The van der Waals surface area contributed by atoms with Crippen molar-refractivity contribution >= 4 is 21.8 Å². The van der Waals surface area contributed by atoms with Crippen molar-refractivity contribution in [2.24, 2.45) is 5.92 Å². The number of alkyl halides is 1. The van der Waals surface area contributed by atoms with E-state index in [0.717, 1.165) is 17.8 Å². The summed E-state index contributed by atoms with van der Waals surface area (Å²) in [6, 6.07) is 0.593. The Bertz CT molecular complexity index is 219. The third-order valence-electron chi connectivity index (χ3n) is 3.64. The molecule has 0 radical (unpaired) electrons. The molecule has 2 fully saturated rings. The molecular formula is C11H18BrNO. The van der Waals surface area contributed by atoms with E-state index >= 15 is 0 Å². The van der Waals surface area contributed by atoms with Crippen LogP contribution in [0.1, 0.15) is 38.5 Å². The lowest BCUT2D eigenvalue weighted by atomic mass is 9.85. The number of rotatable bonds is 2. The Hall–Kier alpha value is -0.0500. The van der Waals surface area contributed by atoms with Crippen LogP contribution in [-0.2, 0) is 4.79 Å². The van der Waals surface area contributed by atoms with Gasteiger partial charge >= 0.3 is 0 Å². The molecule has 0 bridgehead atoms. The van der Waals surface area contributed by atoms with Gasteiger partial charge in [0.1, 0.15) is 0 Å². The zero-order valence-corrected chi connectivity index (χ0v) is 10.1. The first kappa shape index (κ1) is 10.5. The zero-order chi connectivity index (χ0) is 9.97. The van der Waals surface area contributed by atoms with E-state index in [1.54, 1.807) is 0 Å². The molecule has 2 atom stereocenters. The summed E-state index contributed by atoms with van der Waals surface area (Å²) in [5.41, 5.74) is 0. The molecule has 3 heteroatoms. The molecule has 2 rings (SSSR count). The highest BCUT2D eigenvalue weighted by Gasteiger charge is 2.37. The summed E-state index contributed by atoms with van der Waals surface area (Å²) in [6.45, 7) is 1.02. The third-order valence-corrected chi connectivity index (χ3v) is 4.04. The lowest BCUT2D eigenvalue weighted by molar-refractivity contribution is -0.132. The quantitative estimate of drug-likeness (QED) is 0.699. The summed E-state index contributed by atoms with van der Waals surface area (Å²) in [7, 11) is 0. The van der Waals surface area contributed by atoms with Crippen molar-refractivity contribution in [2.45, 2.75) is 44.6 Å². The van der Waals surface area contributed by atoms with Gasteiger partial charge < -0.3 is 4.90 Å². The molecule has 2 unspecified atom stereocenters. The van der Waals surface area contributed by atoms with Crippen LogP contribution in [0.25, 0.3) is 0 Å². The molecule has 14 heavy (non-hydrogen) atoms. The summed E-state index contributed by atoms with van der Waals surface area (Å²) >= 11 is 3.34. The molecule has 0 aromatic heterocycles. The van der Waals surface area contributed by atoms with E-state index in [-0.39, 0.29) is 0 Å². The molecule has 0 aromatic rings. The highest BCUT2D eigenvalue weighted by atomic mass is 79.9. The lowest BCUT2D eigenvalue weighted by Gasteiger charge is -2.31. The molecule has 2 aliphatic rings. The van der Waals surface area contributed by atoms with E-state index in [9.17, 15) is 4.79 Å². The minimum Gasteiger partial charge on any atom is -0.339 e. The van der Waals surface area contributed by atoms with Crippen LogP contribution >= 0.6 is 15.9 Å². The van der Waals surface area contributed by atoms with Crippen LogP contribution in [0, 0.1) is 5.92 Å². The monoisotopic (exact) mass is 259 g/mol. The van der Waals surface area contributed by atoms with Gasteiger partial charge in [0.2, 0.25) is 5.91 Å². The Kier molecular flexibility index (Phi) is 3.47. The summed E-state index contributed by atoms with van der Waals surface area (Å²) in [5.74, 6) is 1.18. The fourth-order valence-corrected chi connectivity index (χ4v) is 3.28. The maximum absolute atomic E-state index is 11.8. The van der Waals surface area contributed by atoms with Crippen molar-refractivity contribution in [1.29, 1.82) is 0 Å². The van der Waals surface area contributed by atoms with Crippen LogP contribution in [0.5, 0.6) is 0 Å². The van der Waals surface area contributed by atoms with Gasteiger partial charge in [-0.25, -0.2) is 0 Å². The first-order valence-corrected chi connectivity index (χ1v) is 6.80. The second-order valence-electron chi connectivity index (χ2n) is 4.43. The minimum atomic E-state index is 0.358. The molecule has 0 aromatic carbocycles. The van der Waals surface area contributed by atoms with Crippen molar-refractivity contribution in [3.63, 3.8) is 0 Å². The van der Waals surface area contributed by atoms with Crippen LogP contribution in [0.15, 0.2) is 0 Å². The summed E-state index contributed by atoms with van der Waals surface area (Å²) in [6.07, 6.45) is 7.21. The normalized spacial score (nSPS) is 31.6. The molecular weight excluding hydrogens is 242 g/mol. The SMILES string of the molecule is O=C(CCBr)N1CCC2CCCCC21. The smallest absolute Gasteiger partial charge is 0.223 e. The topological polar surface area (TPSA) is 20.3 Å². The van der Waals surface area contributed by atoms with E-state index in [2.05, 4.69) is 20.8 Å². The van der Waals surface area contributed by atoms with Gasteiger partial charge in [0.15, 0.2) is 0 Å². The summed E-state index contributed by atoms with van der Waals surface area (Å²) < 4.78 is 0. The summed E-state index contributed by atoms with van der Waals surface area (Å²) in [5, 5.41) is 0.805. The molecule has 0 N–H and O–H groups in total. The van der Waals surface area contributed by atoms with Crippen LogP contribution in [0.3, 0.4) is 0 Å². The number of carbonyl (C=O) groups is 1. The lowest BCUT2D eigenvalue weighted by Crippen LogP contribution is -2.39. The maximum Gasteiger partial charge on any atom is 0.223 e. The van der Waals surface area contributed by atoms with Gasteiger partial charge in [0.25, 0.3) is 0 Å². The second kappa shape index (κ2) is 4.65. The Morgan fingerprint density at radius 1 is 1.29 bits per heavy atom. The van der Waals surface area contributed by atoms with E-state index in [0.29, 0.717) is 18.4 Å². The van der Waals surface area contributed by atoms with Crippen molar-refractivity contribution in [3.8, 4) is 0 Å². The number of amides is 1. The number of hydrogen-bond donors (Lipinski definition) is 0. The molecule has 1 heterocycles. The van der Waals surface area contributed by atoms with Gasteiger partial charge in [-0.1, -0.05) is 28.8 Å². The summed E-state index contributed by atoms with van der Waals surface area (Å²) in [4.78, 5) is 13.9. The van der Waals surface area contributed by atoms with Gasteiger partial charge in [-0.2, -0.15) is 0 Å². The standard InChI is InChI=1S/C11H18BrNO/c12-7-5-11(14)13-8-6-9-3-1-2-4-10(9)13/h9-10H,1-8H2. The van der Waals surface area contributed by atoms with Gasteiger partial charge in [0, 0.05) is 24.3 Å². The molecule has 1 amide bonds. The van der Waals surface area contributed by atoms with Gasteiger partial charge in [-0.3, -0.25) is 4.79 Å². The van der Waals surface area contributed by atoms with E-state index in [1.807, 2.05) is 0 Å². The molecule has 0 spiro atoms. The maximum atomic E-state index is 11.8. The highest BCUT2D eigenvalue weighted by Crippen LogP contribution is 2.36. The predicted molar refractivity (Wildman–Crippen MR) is 60.5 cm³/mol. The zero-order valence-electron chi connectivity index (χ0n) is 8.54. The molecule has 1 aliphatic carbocycles. The number of likely N-dealkylation sites (tertiary alicyclic amines) is 1. The average Bonchev–Trinajstić information content (AvgIpc) is 2.61. The van der Waals surface area contributed by atoms with Crippen LogP contribution < -0.4 is 0 Å². The van der Waals surface area contributed by atoms with Crippen molar-refractivity contribution in [2.75, 3.05) is 11.9 Å². The number of carbonyl (C=O) groups excluding carboxylic acids is 1. The number of fused-ring (bicyclic) bond motifs is 1. The van der Waals surface area contributed by atoms with Gasteiger partial charge in [-0.05, 0) is 25.2 Å². The Balaban J connectivity index is 1.96. The Morgan fingerprint density at radius 2 is 2.07 bits per heavy atom. The predicted octanol–water partition coefficient (Wildman–Crippen LogP) is 2.56. The minimum absolute atomic E-state index is 0.358. The third kappa shape index (κ3) is 1.97. The Labute approximate surface area is 94.2 Å². The average molecular weight is 260 g/mol. The van der Waals surface area contributed by atoms with Crippen molar-refractivity contribution in [3.05, 3.63) is 0 Å². The van der Waals surface area contributed by atoms with Gasteiger partial charge in [0.05, 0.1) is 0 Å². The van der Waals surface area contributed by atoms with Crippen molar-refractivity contribution < 1.29 is 4.79 Å². The molecule has 2 nitrogen and oxygen atoms in total. The van der Waals surface area contributed by atoms with Gasteiger partial charge in [-0.15, -0.1) is 0 Å². The largest absolute Gasteiger partial charge is 0.339 e. The number of nitrogens with zero attached hydrogens (tertiary/aromatic N) is 1.